The lowest BCUT2D eigenvalue weighted by atomic mass is 10.1. The third-order valence-corrected chi connectivity index (χ3v) is 4.57. The zero-order valence-corrected chi connectivity index (χ0v) is 18.2. The first-order chi connectivity index (χ1) is 11.5. The Morgan fingerprint density at radius 2 is 2.12 bits per heavy atom. The smallest absolute Gasteiger partial charge is 0.225 e. The normalized spacial score (nSPS) is 17.4. The highest BCUT2D eigenvalue weighted by Gasteiger charge is 2.27. The van der Waals surface area contributed by atoms with E-state index in [9.17, 15) is 4.79 Å². The lowest BCUT2D eigenvalue weighted by Crippen LogP contribution is -2.45. The van der Waals surface area contributed by atoms with Crippen LogP contribution in [0.1, 0.15) is 25.8 Å². The molecule has 1 amide bonds. The van der Waals surface area contributed by atoms with Gasteiger partial charge in [0.25, 0.3) is 0 Å². The molecule has 5 nitrogen and oxygen atoms in total. The van der Waals surface area contributed by atoms with E-state index in [1.54, 1.807) is 7.05 Å². The number of amides is 1. The molecule has 140 valence electrons. The first kappa shape index (κ1) is 22.0. The molecule has 1 aliphatic heterocycles. The monoisotopic (exact) mass is 478 g/mol. The van der Waals surface area contributed by atoms with Crippen LogP contribution >= 0.6 is 35.6 Å². The van der Waals surface area contributed by atoms with E-state index in [1.807, 2.05) is 43.0 Å². The van der Waals surface area contributed by atoms with Gasteiger partial charge in [0, 0.05) is 43.7 Å². The predicted octanol–water partition coefficient (Wildman–Crippen LogP) is 2.92. The number of benzene rings is 1. The number of nitrogens with zero attached hydrogens (tertiary/aromatic N) is 2. The number of carbonyl (C=O) groups is 1. The summed E-state index contributed by atoms with van der Waals surface area (Å²) in [5.41, 5.74) is 1.12. The Morgan fingerprint density at radius 3 is 2.76 bits per heavy atom. The Hall–Kier alpha value is -1.02. The van der Waals surface area contributed by atoms with Gasteiger partial charge in [0.1, 0.15) is 0 Å². The zero-order chi connectivity index (χ0) is 17.5. The second-order valence-electron chi connectivity index (χ2n) is 6.41. The molecule has 0 aliphatic carbocycles. The SMILES string of the molecule is CN=C(NCCc1ccccc1Cl)NC1CCN(C(=O)C(C)C)C1.I. The maximum absolute atomic E-state index is 12.0. The molecule has 1 atom stereocenters. The number of nitrogens with one attached hydrogen (secondary N) is 2. The van der Waals surface area contributed by atoms with Crippen molar-refractivity contribution in [3.05, 3.63) is 34.9 Å². The van der Waals surface area contributed by atoms with Gasteiger partial charge in [-0.15, -0.1) is 24.0 Å². The van der Waals surface area contributed by atoms with Crippen LogP contribution in [-0.2, 0) is 11.2 Å². The van der Waals surface area contributed by atoms with E-state index in [2.05, 4.69) is 15.6 Å². The van der Waals surface area contributed by atoms with E-state index in [0.717, 1.165) is 49.0 Å². The predicted molar refractivity (Wildman–Crippen MR) is 115 cm³/mol. The number of aliphatic imine (C=N–C) groups is 1. The van der Waals surface area contributed by atoms with Crippen LogP contribution in [0.15, 0.2) is 29.3 Å². The van der Waals surface area contributed by atoms with E-state index >= 15 is 0 Å². The van der Waals surface area contributed by atoms with Crippen molar-refractivity contribution >= 4 is 47.4 Å². The molecule has 7 heteroatoms. The van der Waals surface area contributed by atoms with Crippen molar-refractivity contribution in [2.45, 2.75) is 32.7 Å². The van der Waals surface area contributed by atoms with Gasteiger partial charge in [-0.25, -0.2) is 0 Å². The molecule has 0 saturated carbocycles. The van der Waals surface area contributed by atoms with E-state index in [0.29, 0.717) is 0 Å². The second kappa shape index (κ2) is 10.9. The van der Waals surface area contributed by atoms with Crippen LogP contribution in [0.4, 0.5) is 0 Å². The van der Waals surface area contributed by atoms with Crippen molar-refractivity contribution in [3.63, 3.8) is 0 Å². The highest BCUT2D eigenvalue weighted by Crippen LogP contribution is 2.15. The number of likely N-dealkylation sites (tertiary alicyclic amines) is 1. The molecular weight excluding hydrogens is 451 g/mol. The maximum Gasteiger partial charge on any atom is 0.225 e. The van der Waals surface area contributed by atoms with Crippen LogP contribution in [0.3, 0.4) is 0 Å². The number of hydrogen-bond acceptors (Lipinski definition) is 2. The Kier molecular flexibility index (Phi) is 9.56. The zero-order valence-electron chi connectivity index (χ0n) is 15.1. The number of halogens is 2. The minimum absolute atomic E-state index is 0. The van der Waals surface area contributed by atoms with Crippen LogP contribution in [0.2, 0.25) is 5.02 Å². The molecule has 1 unspecified atom stereocenters. The Balaban J connectivity index is 0.00000312. The quantitative estimate of drug-likeness (QED) is 0.389. The van der Waals surface area contributed by atoms with Crippen molar-refractivity contribution in [3.8, 4) is 0 Å². The molecule has 2 rings (SSSR count). The summed E-state index contributed by atoms with van der Waals surface area (Å²) in [7, 11) is 1.76. The summed E-state index contributed by atoms with van der Waals surface area (Å²) in [6.45, 7) is 6.19. The van der Waals surface area contributed by atoms with Gasteiger partial charge in [0.15, 0.2) is 5.96 Å². The van der Waals surface area contributed by atoms with Crippen molar-refractivity contribution in [1.82, 2.24) is 15.5 Å². The van der Waals surface area contributed by atoms with Crippen LogP contribution in [0.25, 0.3) is 0 Å². The van der Waals surface area contributed by atoms with Crippen LogP contribution in [0, 0.1) is 5.92 Å². The second-order valence-corrected chi connectivity index (χ2v) is 6.82. The van der Waals surface area contributed by atoms with Gasteiger partial charge in [-0.3, -0.25) is 9.79 Å². The summed E-state index contributed by atoms with van der Waals surface area (Å²) in [6, 6.07) is 8.12. The van der Waals surface area contributed by atoms with E-state index in [1.165, 1.54) is 0 Å². The third-order valence-electron chi connectivity index (χ3n) is 4.20. The minimum Gasteiger partial charge on any atom is -0.356 e. The van der Waals surface area contributed by atoms with Crippen molar-refractivity contribution in [1.29, 1.82) is 0 Å². The molecule has 2 N–H and O–H groups in total. The fourth-order valence-corrected chi connectivity index (χ4v) is 3.08. The van der Waals surface area contributed by atoms with Crippen molar-refractivity contribution < 1.29 is 4.79 Å². The lowest BCUT2D eigenvalue weighted by molar-refractivity contribution is -0.133. The Bertz CT molecular complexity index is 594. The topological polar surface area (TPSA) is 56.7 Å². The minimum atomic E-state index is 0. The average molecular weight is 479 g/mol. The van der Waals surface area contributed by atoms with Gasteiger partial charge < -0.3 is 15.5 Å². The largest absolute Gasteiger partial charge is 0.356 e. The van der Waals surface area contributed by atoms with Gasteiger partial charge in [0.2, 0.25) is 5.91 Å². The summed E-state index contributed by atoms with van der Waals surface area (Å²) in [5, 5.41) is 7.51. The van der Waals surface area contributed by atoms with Crippen LogP contribution in [-0.4, -0.2) is 49.5 Å². The molecule has 1 fully saturated rings. The molecule has 25 heavy (non-hydrogen) atoms. The molecule has 0 aromatic heterocycles. The first-order valence-corrected chi connectivity index (χ1v) is 8.88. The van der Waals surface area contributed by atoms with Gasteiger partial charge in [-0.2, -0.15) is 0 Å². The maximum atomic E-state index is 12.0. The third kappa shape index (κ3) is 6.66. The lowest BCUT2D eigenvalue weighted by Gasteiger charge is -2.20. The molecule has 0 spiro atoms. The van der Waals surface area contributed by atoms with E-state index in [-0.39, 0.29) is 41.8 Å². The highest BCUT2D eigenvalue weighted by atomic mass is 127. The molecular formula is C18H28ClIN4O. The fraction of sp³-hybridized carbons (Fsp3) is 0.556. The standard InChI is InChI=1S/C18H27ClN4O.HI/c1-13(2)17(24)23-11-9-15(12-23)22-18(20-3)21-10-8-14-6-4-5-7-16(14)19;/h4-7,13,15H,8-12H2,1-3H3,(H2,20,21,22);1H. The molecule has 0 bridgehead atoms. The molecule has 1 heterocycles. The van der Waals surface area contributed by atoms with Crippen molar-refractivity contribution in [2.24, 2.45) is 10.9 Å². The summed E-state index contributed by atoms with van der Waals surface area (Å²) < 4.78 is 0. The molecule has 1 aromatic carbocycles. The van der Waals surface area contributed by atoms with Gasteiger partial charge in [0.05, 0.1) is 0 Å². The number of guanidine groups is 1. The van der Waals surface area contributed by atoms with Gasteiger partial charge in [-0.05, 0) is 24.5 Å². The number of hydrogen-bond donors (Lipinski definition) is 2. The summed E-state index contributed by atoms with van der Waals surface area (Å²) >= 11 is 6.17. The molecule has 0 radical (unpaired) electrons. The summed E-state index contributed by atoms with van der Waals surface area (Å²) in [5.74, 6) is 1.05. The average Bonchev–Trinajstić information content (AvgIpc) is 3.03. The van der Waals surface area contributed by atoms with E-state index < -0.39 is 0 Å². The first-order valence-electron chi connectivity index (χ1n) is 8.50. The van der Waals surface area contributed by atoms with Gasteiger partial charge >= 0.3 is 0 Å². The Labute approximate surface area is 172 Å². The molecule has 1 saturated heterocycles. The van der Waals surface area contributed by atoms with Gasteiger partial charge in [-0.1, -0.05) is 43.6 Å². The number of rotatable bonds is 5. The molecule has 1 aliphatic rings. The van der Waals surface area contributed by atoms with Crippen LogP contribution in [0.5, 0.6) is 0 Å². The van der Waals surface area contributed by atoms with Crippen molar-refractivity contribution in [2.75, 3.05) is 26.7 Å². The van der Waals surface area contributed by atoms with E-state index in [4.69, 9.17) is 11.6 Å². The number of carbonyl (C=O) groups excluding carboxylic acids is 1. The highest BCUT2D eigenvalue weighted by molar-refractivity contribution is 14.0. The summed E-state index contributed by atoms with van der Waals surface area (Å²) in [4.78, 5) is 18.2. The molecule has 1 aromatic rings. The Morgan fingerprint density at radius 1 is 1.40 bits per heavy atom. The fourth-order valence-electron chi connectivity index (χ4n) is 2.85. The van der Waals surface area contributed by atoms with Crippen LogP contribution < -0.4 is 10.6 Å². The summed E-state index contributed by atoms with van der Waals surface area (Å²) in [6.07, 6.45) is 1.78.